The maximum Gasteiger partial charge on any atom is 0.333 e. The van der Waals surface area contributed by atoms with Crippen LogP contribution in [0.5, 0.6) is 0 Å². The molecule has 3 aromatic carbocycles. The van der Waals surface area contributed by atoms with Crippen LogP contribution in [-0.4, -0.2) is 26.3 Å². The van der Waals surface area contributed by atoms with E-state index >= 15 is 0 Å². The van der Waals surface area contributed by atoms with E-state index in [-0.39, 0.29) is 11.9 Å². The molecule has 4 rings (SSSR count). The molecule has 0 aromatic heterocycles. The Kier molecular flexibility index (Phi) is 13.8. The van der Waals surface area contributed by atoms with Crippen molar-refractivity contribution in [3.05, 3.63) is 107 Å². The summed E-state index contributed by atoms with van der Waals surface area (Å²) in [4.78, 5) is 11.7. The molecular weight excluding hydrogens is 540 g/mol. The summed E-state index contributed by atoms with van der Waals surface area (Å²) >= 11 is 0. The second-order valence-electron chi connectivity index (χ2n) is 13.1. The van der Waals surface area contributed by atoms with Gasteiger partial charge in [0.2, 0.25) is 0 Å². The van der Waals surface area contributed by atoms with Crippen LogP contribution in [0.2, 0.25) is 0 Å². The van der Waals surface area contributed by atoms with Crippen molar-refractivity contribution < 1.29 is 14.3 Å². The highest BCUT2D eigenvalue weighted by molar-refractivity contribution is 5.86. The lowest BCUT2D eigenvalue weighted by Crippen LogP contribution is -2.19. The minimum absolute atomic E-state index is 0.188. The number of unbranched alkanes of at least 4 members (excludes halogenated alkanes) is 2. The molecule has 1 atom stereocenters. The van der Waals surface area contributed by atoms with Crippen LogP contribution in [0.3, 0.4) is 0 Å². The Hall–Kier alpha value is -3.17. The van der Waals surface area contributed by atoms with E-state index in [1.165, 1.54) is 91.2 Å². The number of carbonyl (C=O) groups is 1. The summed E-state index contributed by atoms with van der Waals surface area (Å²) in [6, 6.07) is 27.7. The topological polar surface area (TPSA) is 35.5 Å². The minimum Gasteiger partial charge on any atom is -0.462 e. The van der Waals surface area contributed by atoms with Crippen LogP contribution in [0.4, 0.5) is 0 Å². The number of methoxy groups -OCH3 is 1. The first-order valence-electron chi connectivity index (χ1n) is 17.0. The number of rotatable bonds is 17. The second kappa shape index (κ2) is 18.0. The van der Waals surface area contributed by atoms with Gasteiger partial charge in [-0.2, -0.15) is 0 Å². The predicted octanol–water partition coefficient (Wildman–Crippen LogP) is 10.3. The van der Waals surface area contributed by atoms with Crippen molar-refractivity contribution in [2.75, 3.05) is 20.3 Å². The van der Waals surface area contributed by atoms with E-state index in [1.807, 2.05) is 0 Å². The third-order valence-electron chi connectivity index (χ3n) is 9.49. The molecule has 0 bridgehead atoms. The molecule has 0 amide bonds. The van der Waals surface area contributed by atoms with Crippen LogP contribution in [-0.2, 0) is 33.5 Å². The summed E-state index contributed by atoms with van der Waals surface area (Å²) < 4.78 is 10.7. The fourth-order valence-corrected chi connectivity index (χ4v) is 6.56. The van der Waals surface area contributed by atoms with Gasteiger partial charge in [-0.3, -0.25) is 0 Å². The Morgan fingerprint density at radius 3 is 1.93 bits per heavy atom. The molecular formula is C41H54O3. The largest absolute Gasteiger partial charge is 0.462 e. The van der Waals surface area contributed by atoms with Gasteiger partial charge in [0.05, 0.1) is 13.2 Å². The van der Waals surface area contributed by atoms with Crippen molar-refractivity contribution in [2.45, 2.75) is 96.8 Å². The van der Waals surface area contributed by atoms with Gasteiger partial charge >= 0.3 is 5.97 Å². The van der Waals surface area contributed by atoms with Gasteiger partial charge in [-0.25, -0.2) is 4.79 Å². The quantitative estimate of drug-likeness (QED) is 0.0886. The maximum atomic E-state index is 11.7. The van der Waals surface area contributed by atoms with Crippen LogP contribution in [0.1, 0.15) is 99.8 Å². The molecule has 1 aliphatic rings. The minimum atomic E-state index is -0.326. The third-order valence-corrected chi connectivity index (χ3v) is 9.49. The Morgan fingerprint density at radius 1 is 0.773 bits per heavy atom. The zero-order valence-corrected chi connectivity index (χ0v) is 27.5. The average molecular weight is 595 g/mol. The van der Waals surface area contributed by atoms with E-state index in [1.54, 1.807) is 14.0 Å². The third kappa shape index (κ3) is 10.8. The summed E-state index contributed by atoms with van der Waals surface area (Å²) in [7, 11) is 1.70. The number of aryl methyl sites for hydroxylation is 3. The summed E-state index contributed by atoms with van der Waals surface area (Å²) in [5.41, 5.74) is 8.81. The molecule has 3 heteroatoms. The van der Waals surface area contributed by atoms with Crippen molar-refractivity contribution in [3.63, 3.8) is 0 Å². The molecule has 1 fully saturated rings. The maximum absolute atomic E-state index is 11.7. The van der Waals surface area contributed by atoms with Gasteiger partial charge < -0.3 is 9.47 Å². The summed E-state index contributed by atoms with van der Waals surface area (Å²) in [5.74, 6) is 1.39. The number of carbonyl (C=O) groups excluding carboxylic acids is 1. The van der Waals surface area contributed by atoms with Gasteiger partial charge in [0, 0.05) is 18.6 Å². The lowest BCUT2D eigenvalue weighted by Gasteiger charge is -2.29. The van der Waals surface area contributed by atoms with Crippen LogP contribution in [0.15, 0.2) is 84.9 Å². The molecule has 3 nitrogen and oxygen atoms in total. The van der Waals surface area contributed by atoms with E-state index in [0.717, 1.165) is 25.2 Å². The van der Waals surface area contributed by atoms with Gasteiger partial charge in [0.25, 0.3) is 0 Å². The fourth-order valence-electron chi connectivity index (χ4n) is 6.56. The molecule has 0 radical (unpaired) electrons. The fraction of sp³-hybridized carbons (Fsp3) is 0.488. The molecule has 3 aromatic rings. The molecule has 0 heterocycles. The van der Waals surface area contributed by atoms with Crippen molar-refractivity contribution >= 4 is 5.97 Å². The first-order valence-corrected chi connectivity index (χ1v) is 17.0. The average Bonchev–Trinajstić information content (AvgIpc) is 3.06. The standard InChI is InChI=1S/C41H54O3/c1-5-6-7-8-32-17-21-37(22-18-32)39-25-27-40(28-26-39)38-23-19-35(20-24-38)14-13-33-9-11-34(12-10-33)15-16-36(29-43-4)30-44-41(42)31(2)3/h9-12,17-18,21-22,25-28,35-36,38H,2,5-8,13-16,19-20,23-24,29-30H2,1,3-4H3. The van der Waals surface area contributed by atoms with Crippen LogP contribution in [0.25, 0.3) is 11.1 Å². The van der Waals surface area contributed by atoms with E-state index < -0.39 is 0 Å². The van der Waals surface area contributed by atoms with Crippen LogP contribution < -0.4 is 0 Å². The monoisotopic (exact) mass is 594 g/mol. The molecule has 1 saturated carbocycles. The highest BCUT2D eigenvalue weighted by Gasteiger charge is 2.22. The Bertz CT molecular complexity index is 1260. The number of benzene rings is 3. The Morgan fingerprint density at radius 2 is 1.34 bits per heavy atom. The van der Waals surface area contributed by atoms with Gasteiger partial charge in [0.1, 0.15) is 0 Å². The van der Waals surface area contributed by atoms with E-state index in [0.29, 0.717) is 24.7 Å². The van der Waals surface area contributed by atoms with Crippen LogP contribution in [0, 0.1) is 11.8 Å². The number of hydrogen-bond acceptors (Lipinski definition) is 3. The zero-order valence-electron chi connectivity index (χ0n) is 27.5. The van der Waals surface area contributed by atoms with Crippen molar-refractivity contribution in [1.29, 1.82) is 0 Å². The first-order chi connectivity index (χ1) is 21.4. The summed E-state index contributed by atoms with van der Waals surface area (Å²) in [6.45, 7) is 8.56. The molecule has 236 valence electrons. The number of ether oxygens (including phenoxy) is 2. The van der Waals surface area contributed by atoms with Crippen molar-refractivity contribution in [2.24, 2.45) is 11.8 Å². The first kappa shape index (κ1) is 33.7. The van der Waals surface area contributed by atoms with E-state index in [4.69, 9.17) is 9.47 Å². The number of hydrogen-bond donors (Lipinski definition) is 0. The van der Waals surface area contributed by atoms with E-state index in [2.05, 4.69) is 86.3 Å². The normalized spacial score (nSPS) is 17.2. The van der Waals surface area contributed by atoms with Crippen molar-refractivity contribution in [3.8, 4) is 11.1 Å². The zero-order chi connectivity index (χ0) is 31.1. The Labute approximate surface area is 267 Å². The van der Waals surface area contributed by atoms with Gasteiger partial charge in [0.15, 0.2) is 0 Å². The molecule has 0 aliphatic heterocycles. The Balaban J connectivity index is 1.17. The molecule has 44 heavy (non-hydrogen) atoms. The molecule has 0 saturated heterocycles. The summed E-state index contributed by atoms with van der Waals surface area (Å²) in [5, 5.41) is 0. The van der Waals surface area contributed by atoms with Gasteiger partial charge in [-0.15, -0.1) is 0 Å². The molecule has 1 unspecified atom stereocenters. The number of esters is 1. The van der Waals surface area contributed by atoms with Crippen molar-refractivity contribution in [1.82, 2.24) is 0 Å². The molecule has 0 N–H and O–H groups in total. The molecule has 1 aliphatic carbocycles. The van der Waals surface area contributed by atoms with Gasteiger partial charge in [-0.1, -0.05) is 99.1 Å². The highest BCUT2D eigenvalue weighted by Crippen LogP contribution is 2.38. The van der Waals surface area contributed by atoms with Gasteiger partial charge in [-0.05, 0) is 116 Å². The lowest BCUT2D eigenvalue weighted by atomic mass is 9.76. The lowest BCUT2D eigenvalue weighted by molar-refractivity contribution is -0.140. The molecule has 0 spiro atoms. The SMILES string of the molecule is C=C(C)C(=O)OCC(CCc1ccc(CCC2CCC(c3ccc(-c4ccc(CCCCC)cc4)cc3)CC2)cc1)COC. The van der Waals surface area contributed by atoms with Crippen LogP contribution >= 0.6 is 0 Å². The second-order valence-corrected chi connectivity index (χ2v) is 13.1. The predicted molar refractivity (Wildman–Crippen MR) is 184 cm³/mol. The summed E-state index contributed by atoms with van der Waals surface area (Å²) in [6.07, 6.45) is 14.7. The smallest absolute Gasteiger partial charge is 0.333 e. The highest BCUT2D eigenvalue weighted by atomic mass is 16.5. The van der Waals surface area contributed by atoms with E-state index in [9.17, 15) is 4.79 Å².